The molecule has 2 nitrogen and oxygen atoms in total. The second-order valence-corrected chi connectivity index (χ2v) is 4.90. The molecule has 2 rings (SSSR count). The predicted molar refractivity (Wildman–Crippen MR) is 62.6 cm³/mol. The number of rotatable bonds is 2. The second-order valence-electron chi connectivity index (χ2n) is 4.90. The Bertz CT molecular complexity index is 300. The Morgan fingerprint density at radius 3 is 2.47 bits per heavy atom. The summed E-state index contributed by atoms with van der Waals surface area (Å²) >= 11 is 0. The van der Waals surface area contributed by atoms with E-state index in [0.29, 0.717) is 0 Å². The van der Waals surface area contributed by atoms with Crippen molar-refractivity contribution in [3.63, 3.8) is 0 Å². The molecule has 0 bridgehead atoms. The van der Waals surface area contributed by atoms with Gasteiger partial charge in [-0.15, -0.1) is 0 Å². The Kier molecular flexibility index (Phi) is 3.06. The van der Waals surface area contributed by atoms with Crippen molar-refractivity contribution < 1.29 is 0 Å². The summed E-state index contributed by atoms with van der Waals surface area (Å²) in [5.74, 6) is 0.867. The first-order valence-electron chi connectivity index (χ1n) is 5.87. The van der Waals surface area contributed by atoms with E-state index < -0.39 is 0 Å². The van der Waals surface area contributed by atoms with E-state index in [-0.39, 0.29) is 5.41 Å². The van der Waals surface area contributed by atoms with Crippen molar-refractivity contribution in [2.24, 2.45) is 11.7 Å². The molecule has 0 atom stereocenters. The highest BCUT2D eigenvalue weighted by Crippen LogP contribution is 2.40. The zero-order valence-electron chi connectivity index (χ0n) is 9.45. The molecular formula is C13H20N2. The number of nitrogens with two attached hydrogens (primary N) is 1. The average molecular weight is 204 g/mol. The van der Waals surface area contributed by atoms with E-state index in [1.807, 2.05) is 12.4 Å². The van der Waals surface area contributed by atoms with E-state index in [1.54, 1.807) is 0 Å². The van der Waals surface area contributed by atoms with Crippen molar-refractivity contribution >= 4 is 0 Å². The number of hydrogen-bond acceptors (Lipinski definition) is 2. The third-order valence-corrected chi connectivity index (χ3v) is 3.91. The summed E-state index contributed by atoms with van der Waals surface area (Å²) in [4.78, 5) is 4.08. The van der Waals surface area contributed by atoms with Gasteiger partial charge in [-0.05, 0) is 49.3 Å². The van der Waals surface area contributed by atoms with Crippen LogP contribution < -0.4 is 5.73 Å². The first-order valence-corrected chi connectivity index (χ1v) is 5.87. The Balaban J connectivity index is 2.23. The van der Waals surface area contributed by atoms with Gasteiger partial charge in [-0.2, -0.15) is 0 Å². The summed E-state index contributed by atoms with van der Waals surface area (Å²) in [6.07, 6.45) is 8.83. The van der Waals surface area contributed by atoms with Crippen LogP contribution in [0.25, 0.3) is 0 Å². The highest BCUT2D eigenvalue weighted by atomic mass is 14.6. The Hall–Kier alpha value is -0.890. The fourth-order valence-electron chi connectivity index (χ4n) is 2.63. The van der Waals surface area contributed by atoms with Crippen LogP contribution in [0.2, 0.25) is 0 Å². The summed E-state index contributed by atoms with van der Waals surface area (Å²) in [5, 5.41) is 0. The SMILES string of the molecule is CC1CCC(CN)(c2ccncc2)CC1. The van der Waals surface area contributed by atoms with Crippen LogP contribution in [0.5, 0.6) is 0 Å². The maximum Gasteiger partial charge on any atom is 0.0270 e. The van der Waals surface area contributed by atoms with Gasteiger partial charge in [0.1, 0.15) is 0 Å². The number of hydrogen-bond donors (Lipinski definition) is 1. The van der Waals surface area contributed by atoms with Crippen LogP contribution in [0.15, 0.2) is 24.5 Å². The van der Waals surface area contributed by atoms with Crippen LogP contribution in [0.1, 0.15) is 38.2 Å². The van der Waals surface area contributed by atoms with Gasteiger partial charge in [0, 0.05) is 24.4 Å². The van der Waals surface area contributed by atoms with E-state index in [9.17, 15) is 0 Å². The van der Waals surface area contributed by atoms with E-state index in [2.05, 4.69) is 24.0 Å². The fraction of sp³-hybridized carbons (Fsp3) is 0.615. The molecule has 15 heavy (non-hydrogen) atoms. The lowest BCUT2D eigenvalue weighted by atomic mass is 9.67. The fourth-order valence-corrected chi connectivity index (χ4v) is 2.63. The van der Waals surface area contributed by atoms with Crippen LogP contribution in [-0.2, 0) is 5.41 Å². The van der Waals surface area contributed by atoms with Crippen LogP contribution in [0.4, 0.5) is 0 Å². The minimum Gasteiger partial charge on any atom is -0.330 e. The maximum atomic E-state index is 6.00. The molecule has 2 heteroatoms. The van der Waals surface area contributed by atoms with E-state index in [1.165, 1.54) is 31.2 Å². The lowest BCUT2D eigenvalue weighted by Gasteiger charge is -2.39. The Morgan fingerprint density at radius 1 is 1.33 bits per heavy atom. The zero-order chi connectivity index (χ0) is 10.7. The molecule has 0 aliphatic heterocycles. The van der Waals surface area contributed by atoms with Crippen LogP contribution in [-0.4, -0.2) is 11.5 Å². The normalized spacial score (nSPS) is 31.5. The summed E-state index contributed by atoms with van der Waals surface area (Å²) in [6.45, 7) is 3.11. The highest BCUT2D eigenvalue weighted by Gasteiger charge is 2.34. The molecule has 1 aliphatic rings. The molecule has 0 amide bonds. The Labute approximate surface area is 91.9 Å². The Morgan fingerprint density at radius 2 is 1.93 bits per heavy atom. The quantitative estimate of drug-likeness (QED) is 0.803. The molecule has 0 saturated heterocycles. The zero-order valence-corrected chi connectivity index (χ0v) is 9.45. The third-order valence-electron chi connectivity index (χ3n) is 3.91. The first kappa shape index (κ1) is 10.6. The van der Waals surface area contributed by atoms with Crippen molar-refractivity contribution in [3.8, 4) is 0 Å². The molecule has 0 unspecified atom stereocenters. The van der Waals surface area contributed by atoms with Crippen molar-refractivity contribution in [1.29, 1.82) is 0 Å². The van der Waals surface area contributed by atoms with Gasteiger partial charge in [0.25, 0.3) is 0 Å². The molecule has 2 N–H and O–H groups in total. The van der Waals surface area contributed by atoms with Gasteiger partial charge in [0.15, 0.2) is 0 Å². The van der Waals surface area contributed by atoms with E-state index in [4.69, 9.17) is 5.73 Å². The van der Waals surface area contributed by atoms with Gasteiger partial charge in [-0.3, -0.25) is 4.98 Å². The summed E-state index contributed by atoms with van der Waals surface area (Å²) < 4.78 is 0. The molecule has 82 valence electrons. The van der Waals surface area contributed by atoms with Crippen molar-refractivity contribution in [1.82, 2.24) is 4.98 Å². The molecule has 0 spiro atoms. The summed E-state index contributed by atoms with van der Waals surface area (Å²) in [7, 11) is 0. The summed E-state index contributed by atoms with van der Waals surface area (Å²) in [5.41, 5.74) is 7.61. The molecule has 1 heterocycles. The maximum absolute atomic E-state index is 6.00. The van der Waals surface area contributed by atoms with Crippen molar-refractivity contribution in [2.75, 3.05) is 6.54 Å². The van der Waals surface area contributed by atoms with Crippen molar-refractivity contribution in [3.05, 3.63) is 30.1 Å². The monoisotopic (exact) mass is 204 g/mol. The lowest BCUT2D eigenvalue weighted by molar-refractivity contribution is 0.247. The van der Waals surface area contributed by atoms with Gasteiger partial charge in [0.2, 0.25) is 0 Å². The minimum absolute atomic E-state index is 0.232. The van der Waals surface area contributed by atoms with Crippen LogP contribution >= 0.6 is 0 Å². The molecular weight excluding hydrogens is 184 g/mol. The predicted octanol–water partition coefficient (Wildman–Crippen LogP) is 2.49. The number of aromatic nitrogens is 1. The smallest absolute Gasteiger partial charge is 0.0270 e. The third kappa shape index (κ3) is 2.05. The first-order chi connectivity index (χ1) is 7.27. The van der Waals surface area contributed by atoms with Crippen LogP contribution in [0, 0.1) is 5.92 Å². The standard InChI is InChI=1S/C13H20N2/c1-11-2-6-13(10-14,7-3-11)12-4-8-15-9-5-12/h4-5,8-9,11H,2-3,6-7,10,14H2,1H3. The molecule has 1 aliphatic carbocycles. The molecule has 1 fully saturated rings. The van der Waals surface area contributed by atoms with Gasteiger partial charge in [-0.25, -0.2) is 0 Å². The number of nitrogens with zero attached hydrogens (tertiary/aromatic N) is 1. The molecule has 0 radical (unpaired) electrons. The largest absolute Gasteiger partial charge is 0.330 e. The average Bonchev–Trinajstić information content (AvgIpc) is 2.32. The minimum atomic E-state index is 0.232. The van der Waals surface area contributed by atoms with Gasteiger partial charge >= 0.3 is 0 Å². The van der Waals surface area contributed by atoms with E-state index >= 15 is 0 Å². The molecule has 1 aromatic rings. The summed E-state index contributed by atoms with van der Waals surface area (Å²) in [6, 6.07) is 4.26. The van der Waals surface area contributed by atoms with Gasteiger partial charge < -0.3 is 5.73 Å². The van der Waals surface area contributed by atoms with E-state index in [0.717, 1.165) is 12.5 Å². The molecule has 1 aromatic heterocycles. The van der Waals surface area contributed by atoms with Gasteiger partial charge in [0.05, 0.1) is 0 Å². The molecule has 0 aromatic carbocycles. The van der Waals surface area contributed by atoms with Crippen molar-refractivity contribution in [2.45, 2.75) is 38.0 Å². The van der Waals surface area contributed by atoms with Crippen LogP contribution in [0.3, 0.4) is 0 Å². The molecule has 1 saturated carbocycles. The lowest BCUT2D eigenvalue weighted by Crippen LogP contribution is -2.38. The number of pyridine rings is 1. The second kappa shape index (κ2) is 4.31. The topological polar surface area (TPSA) is 38.9 Å². The van der Waals surface area contributed by atoms with Gasteiger partial charge in [-0.1, -0.05) is 6.92 Å². The highest BCUT2D eigenvalue weighted by molar-refractivity contribution is 5.24.